The summed E-state index contributed by atoms with van der Waals surface area (Å²) in [7, 11) is 0. The summed E-state index contributed by atoms with van der Waals surface area (Å²) in [4.78, 5) is 0. The van der Waals surface area contributed by atoms with Gasteiger partial charge in [-0.25, -0.2) is 0 Å². The first-order chi connectivity index (χ1) is 16.0. The van der Waals surface area contributed by atoms with Gasteiger partial charge in [0, 0.05) is 0 Å². The lowest BCUT2D eigenvalue weighted by molar-refractivity contribution is -0.268. The second-order valence-corrected chi connectivity index (χ2v) is 7.96. The van der Waals surface area contributed by atoms with Crippen molar-refractivity contribution in [1.82, 2.24) is 0 Å². The van der Waals surface area contributed by atoms with Crippen molar-refractivity contribution in [3.63, 3.8) is 0 Å². The van der Waals surface area contributed by atoms with Gasteiger partial charge in [-0.1, -0.05) is 0 Å². The zero-order chi connectivity index (χ0) is 25.3. The van der Waals surface area contributed by atoms with Crippen LogP contribution < -0.4 is 17.2 Å². The average Bonchev–Trinajstić information content (AvgIpc) is 2.83. The van der Waals surface area contributed by atoms with E-state index in [0.717, 1.165) is 0 Å². The highest BCUT2D eigenvalue weighted by Gasteiger charge is 2.46. The van der Waals surface area contributed by atoms with Gasteiger partial charge in [-0.2, -0.15) is 0 Å². The topological polar surface area (TPSA) is 266 Å². The van der Waals surface area contributed by atoms with Crippen LogP contribution >= 0.6 is 0 Å². The van der Waals surface area contributed by atoms with Gasteiger partial charge in [0.1, 0.15) is 65.3 Å². The molecule has 3 rings (SSSR count). The summed E-state index contributed by atoms with van der Waals surface area (Å²) >= 11 is 0. The summed E-state index contributed by atoms with van der Waals surface area (Å²) in [6.45, 7) is -0.383. The first-order valence-corrected chi connectivity index (χ1v) is 10.4. The molecule has 9 atom stereocenters. The molecule has 0 spiro atoms. The van der Waals surface area contributed by atoms with Crippen LogP contribution in [-0.4, -0.2) is 111 Å². The second-order valence-electron chi connectivity index (χ2n) is 7.96. The largest absolute Gasteiger partial charge is 0.508 e. The van der Waals surface area contributed by atoms with Crippen molar-refractivity contribution in [1.29, 1.82) is 0 Å². The molecule has 0 saturated heterocycles. The lowest BCUT2D eigenvalue weighted by atomic mass is 10.0. The zero-order valence-corrected chi connectivity index (χ0v) is 18.2. The number of aliphatic hydroxyl groups is 7. The molecular formula is C19H31N3O12. The predicted octanol–water partition coefficient (Wildman–Crippen LogP) is -3.48. The monoisotopic (exact) mass is 493 g/mol. The number of nitrogens with two attached hydrogens (primary N) is 3. The molecule has 3 aliphatic rings. The molecule has 0 radical (unpaired) electrons. The molecule has 0 aliphatic carbocycles. The Hall–Kier alpha value is -2.34. The number of ether oxygens (including phenoxy) is 5. The van der Waals surface area contributed by atoms with E-state index in [1.54, 1.807) is 6.92 Å². The first kappa shape index (κ1) is 26.3. The molecule has 194 valence electrons. The molecule has 0 aromatic rings. The van der Waals surface area contributed by atoms with Gasteiger partial charge in [0.2, 0.25) is 12.6 Å². The highest BCUT2D eigenvalue weighted by molar-refractivity contribution is 5.21. The third kappa shape index (κ3) is 4.74. The van der Waals surface area contributed by atoms with E-state index in [0.29, 0.717) is 0 Å². The summed E-state index contributed by atoms with van der Waals surface area (Å²) in [5, 5.41) is 69.7. The third-order valence-electron chi connectivity index (χ3n) is 5.74. The molecule has 0 bridgehead atoms. The highest BCUT2D eigenvalue weighted by atomic mass is 16.7. The Morgan fingerprint density at radius 3 is 1.59 bits per heavy atom. The van der Waals surface area contributed by atoms with Gasteiger partial charge >= 0.3 is 0 Å². The molecule has 0 aromatic carbocycles. The fourth-order valence-corrected chi connectivity index (χ4v) is 3.70. The lowest BCUT2D eigenvalue weighted by Crippen LogP contribution is -2.54. The van der Waals surface area contributed by atoms with Gasteiger partial charge in [0.25, 0.3) is 0 Å². The van der Waals surface area contributed by atoms with Gasteiger partial charge in [0.05, 0.1) is 31.6 Å². The molecule has 13 N–H and O–H groups in total. The quantitative estimate of drug-likeness (QED) is 0.165. The van der Waals surface area contributed by atoms with Crippen molar-refractivity contribution in [2.24, 2.45) is 17.2 Å². The zero-order valence-electron chi connectivity index (χ0n) is 18.2. The van der Waals surface area contributed by atoms with E-state index < -0.39 is 104 Å². The van der Waals surface area contributed by atoms with Crippen molar-refractivity contribution in [2.75, 3.05) is 19.8 Å². The minimum Gasteiger partial charge on any atom is -0.508 e. The maximum Gasteiger partial charge on any atom is 0.203 e. The van der Waals surface area contributed by atoms with Crippen LogP contribution in [0.3, 0.4) is 0 Å². The van der Waals surface area contributed by atoms with Crippen molar-refractivity contribution >= 4 is 0 Å². The van der Waals surface area contributed by atoms with Crippen molar-refractivity contribution < 1.29 is 59.4 Å². The molecule has 15 heteroatoms. The minimum absolute atomic E-state index is 0.0330. The Bertz CT molecular complexity index is 848. The van der Waals surface area contributed by atoms with Gasteiger partial charge in [-0.05, 0) is 6.92 Å². The van der Waals surface area contributed by atoms with Crippen LogP contribution in [0.5, 0.6) is 0 Å². The molecule has 15 nitrogen and oxygen atoms in total. The number of aliphatic hydroxyl groups excluding tert-OH is 7. The third-order valence-corrected chi connectivity index (χ3v) is 5.74. The van der Waals surface area contributed by atoms with Crippen LogP contribution in [0.2, 0.25) is 0 Å². The maximum atomic E-state index is 10.7. The molecule has 0 saturated carbocycles. The molecule has 4 unspecified atom stereocenters. The Labute approximate surface area is 193 Å². The van der Waals surface area contributed by atoms with Crippen molar-refractivity contribution in [3.8, 4) is 0 Å². The van der Waals surface area contributed by atoms with Crippen molar-refractivity contribution in [3.05, 3.63) is 34.4 Å². The van der Waals surface area contributed by atoms with Crippen LogP contribution in [0.4, 0.5) is 0 Å². The van der Waals surface area contributed by atoms with Crippen LogP contribution in [0.15, 0.2) is 34.4 Å². The minimum atomic E-state index is -1.60. The SMILES string of the molecule is C[C@H]1OC(CO)[C@@H](O[C@@H]2OC(CO)[C@@H](OC3OC(CO)[C@@H](O)C(O)=C3N)C(O)=C2N)C(O)=C1N. The lowest BCUT2D eigenvalue weighted by Gasteiger charge is -2.41. The average molecular weight is 493 g/mol. The van der Waals surface area contributed by atoms with Gasteiger partial charge in [0.15, 0.2) is 0 Å². The molecule has 0 fully saturated rings. The van der Waals surface area contributed by atoms with E-state index >= 15 is 0 Å². The Morgan fingerprint density at radius 2 is 1.09 bits per heavy atom. The van der Waals surface area contributed by atoms with E-state index in [-0.39, 0.29) is 5.70 Å². The number of hydrogen-bond acceptors (Lipinski definition) is 15. The fraction of sp³-hybridized carbons (Fsp3) is 0.684. The second kappa shape index (κ2) is 10.5. The summed E-state index contributed by atoms with van der Waals surface area (Å²) in [5.74, 6) is -1.74. The molecule has 0 aromatic heterocycles. The standard InChI is InChI=1S/C19H31N3O12/c1-5-9(20)14(28)16(7(3-24)30-5)33-19-11(22)15(29)17(8(4-25)32-19)34-18-10(21)13(27)12(26)6(2-23)31-18/h5-8,12,16-19,23-29H,2-4,20-22H2,1H3/t5-,6?,7?,8?,12-,16-,17-,18?,19+/m1/s1. The fourth-order valence-electron chi connectivity index (χ4n) is 3.70. The van der Waals surface area contributed by atoms with Crippen LogP contribution in [0, 0.1) is 0 Å². The maximum absolute atomic E-state index is 10.7. The summed E-state index contributed by atoms with van der Waals surface area (Å²) in [6, 6.07) is 0. The molecule has 3 heterocycles. The summed E-state index contributed by atoms with van der Waals surface area (Å²) in [6.07, 6.45) is -11.8. The molecule has 3 aliphatic heterocycles. The number of hydrogen-bond donors (Lipinski definition) is 10. The Balaban J connectivity index is 1.84. The van der Waals surface area contributed by atoms with Gasteiger partial charge in [-0.3, -0.25) is 0 Å². The van der Waals surface area contributed by atoms with Crippen LogP contribution in [0.1, 0.15) is 6.92 Å². The summed E-state index contributed by atoms with van der Waals surface area (Å²) < 4.78 is 27.6. The van der Waals surface area contributed by atoms with E-state index in [1.165, 1.54) is 0 Å². The summed E-state index contributed by atoms with van der Waals surface area (Å²) in [5.41, 5.74) is 16.6. The Kier molecular flexibility index (Phi) is 8.12. The molecular weight excluding hydrogens is 462 g/mol. The first-order valence-electron chi connectivity index (χ1n) is 10.4. The van der Waals surface area contributed by atoms with E-state index in [1.807, 2.05) is 0 Å². The molecule has 34 heavy (non-hydrogen) atoms. The highest BCUT2D eigenvalue weighted by Crippen LogP contribution is 2.32. The normalized spacial score (nSPS) is 39.6. The van der Waals surface area contributed by atoms with Crippen LogP contribution in [0.25, 0.3) is 0 Å². The van der Waals surface area contributed by atoms with E-state index in [9.17, 15) is 35.7 Å². The van der Waals surface area contributed by atoms with Crippen molar-refractivity contribution in [2.45, 2.75) is 62.2 Å². The number of rotatable bonds is 7. The van der Waals surface area contributed by atoms with E-state index in [4.69, 9.17) is 40.9 Å². The molecule has 0 amide bonds. The predicted molar refractivity (Wildman–Crippen MR) is 110 cm³/mol. The Morgan fingerprint density at radius 1 is 0.676 bits per heavy atom. The smallest absolute Gasteiger partial charge is 0.203 e. The van der Waals surface area contributed by atoms with Gasteiger partial charge in [-0.15, -0.1) is 0 Å². The van der Waals surface area contributed by atoms with Gasteiger partial charge < -0.3 is 76.6 Å². The van der Waals surface area contributed by atoms with Crippen LogP contribution in [-0.2, 0) is 23.7 Å². The van der Waals surface area contributed by atoms with E-state index in [2.05, 4.69) is 0 Å².